The number of phenols is 1. The molecule has 135 heavy (non-hydrogen) atoms. The summed E-state index contributed by atoms with van der Waals surface area (Å²) in [6, 6.07) is 37.5. The Kier molecular flexibility index (Phi) is 42.2. The van der Waals surface area contributed by atoms with Gasteiger partial charge in [-0.3, -0.25) is 4.79 Å². The number of aryl methyl sites for hydroxylation is 6. The van der Waals surface area contributed by atoms with Crippen molar-refractivity contribution in [2.45, 2.75) is 250 Å². The third-order valence-corrected chi connectivity index (χ3v) is 37.6. The van der Waals surface area contributed by atoms with Crippen LogP contribution in [0.4, 0.5) is 0 Å². The minimum Gasteiger partial charge on any atom is -0.508 e. The van der Waals surface area contributed by atoms with Crippen LogP contribution in [0.3, 0.4) is 0 Å². The molecule has 1 fully saturated rings. The molecular weight excluding hydrogens is 1860 g/mol. The molecule has 0 radical (unpaired) electrons. The Balaban J connectivity index is 0.000000168. The average Bonchev–Trinajstić information content (AvgIpc) is 1.65. The predicted molar refractivity (Wildman–Crippen MR) is 545 cm³/mol. The number of halogens is 1. The van der Waals surface area contributed by atoms with Crippen molar-refractivity contribution in [2.75, 3.05) is 66.1 Å². The van der Waals surface area contributed by atoms with Crippen molar-refractivity contribution >= 4 is 100 Å². The number of ether oxygens (including phenoxy) is 6. The van der Waals surface area contributed by atoms with Gasteiger partial charge in [-0.2, -0.15) is 10.5 Å². The highest BCUT2D eigenvalue weighted by Crippen LogP contribution is 2.40. The number of phenolic OH excluding ortho intramolecular Hbond substituents is 1. The number of hydrogen-bond acceptors (Lipinski definition) is 26. The van der Waals surface area contributed by atoms with E-state index in [0.717, 1.165) is 113 Å². The van der Waals surface area contributed by atoms with Gasteiger partial charge in [0.05, 0.1) is 72.7 Å². The molecule has 4 aliphatic rings. The van der Waals surface area contributed by atoms with Gasteiger partial charge in [0.25, 0.3) is 0 Å². The predicted octanol–water partition coefficient (Wildman–Crippen LogP) is 23.5. The zero-order valence-corrected chi connectivity index (χ0v) is 86.5. The minimum absolute atomic E-state index is 0.107. The standard InChI is InChI=1S/C26H29N3O2S.C21H32N2O2SSi.C15H18N2O2S.C15H24N2O2Si.C11H11NO3.C9H10N2O2.C6H9BrO/c1-18(2)29-13-12-19-16-21(9-10-23(19)29)30-14-5-15-31-25-11-8-20(17-27-25)26-28-22-6-3-4-7-24(22)32-26;1-21(2,3)27(4,5)25-14-8-13-24-19-12-11-16(15-22-19)20-23-17-9-6-7-10-18(17)26-20;18-8-3-9-19-14-7-6-11(10-16-14)15-17-12-4-1-2-5-13(12)20-15;1-15(2,3)20(4,5)19-10-6-9-18-14-8-7-13(11-16)12-17-14;1-7(11(14)15)12-5-4-8-6-9(13)2-3-10(8)12;10-6-8-2-3-9(11-7-8)13-5-1-4-12;7-5-3-1-2-4-6(5)8/h8-13,16-18H,3-7,14-15H2,1-2H3;11-12,15H,6-10,13-14H2,1-5H3;6-7,10,18H,1-5,8-9H2;7-8,12H,6,9-10H2,1-5H3;2-7,13H,1H3,(H,14,15);2-3,7,12H,1,4-5H2;5H,1-4H2. The summed E-state index contributed by atoms with van der Waals surface area (Å²) in [6.45, 7) is 33.6. The molecule has 1 saturated carbocycles. The van der Waals surface area contributed by atoms with Crippen molar-refractivity contribution in [2.24, 2.45) is 0 Å². The zero-order chi connectivity index (χ0) is 96.9. The van der Waals surface area contributed by atoms with E-state index in [2.05, 4.69) is 164 Å². The number of alkyl halides is 1. The van der Waals surface area contributed by atoms with Crippen LogP contribution in [0, 0.1) is 22.7 Å². The van der Waals surface area contributed by atoms with Crippen LogP contribution in [0.15, 0.2) is 153 Å². The Morgan fingerprint density at radius 2 is 0.830 bits per heavy atom. The highest BCUT2D eigenvalue weighted by molar-refractivity contribution is 9.10. The summed E-state index contributed by atoms with van der Waals surface area (Å²) in [5.74, 6) is 3.54. The van der Waals surface area contributed by atoms with Crippen LogP contribution in [-0.4, -0.2) is 169 Å². The van der Waals surface area contributed by atoms with Crippen LogP contribution >= 0.6 is 49.9 Å². The van der Waals surface area contributed by atoms with Gasteiger partial charge in [0, 0.05) is 198 Å². The number of aliphatic hydroxyl groups excluding tert-OH is 2. The van der Waals surface area contributed by atoms with Crippen molar-refractivity contribution in [1.29, 1.82) is 10.5 Å². The number of aromatic nitrogens is 10. The SMILES string of the molecule is CC(C(=O)O)n1ccc2cc(O)ccc21.CC(C)(C)[Si](C)(C)OCCCOc1ccc(-c2nc3c(s2)CCCC3)cn1.CC(C)(C)[Si](C)(C)OCCCOc1ccc(C#N)cn1.CC(C)n1ccc2cc(OCCCOc3ccc(-c4nc5c(s4)CCCC5)cn3)ccc21.N#Cc1ccc(OCCCO)nc1.O=C1CCCCC1Br.OCCCOc1ccc(-c2nc3c(s2)CCCC3)cn1. The van der Waals surface area contributed by atoms with E-state index in [1.165, 1.54) is 119 Å². The van der Waals surface area contributed by atoms with Crippen molar-refractivity contribution in [3.8, 4) is 84.8 Å². The molecule has 10 aromatic heterocycles. The van der Waals surface area contributed by atoms with Gasteiger partial charge in [-0.1, -0.05) is 63.9 Å². The van der Waals surface area contributed by atoms with E-state index >= 15 is 0 Å². The first-order valence-corrected chi connectivity index (χ1v) is 56.1. The number of carboxylic acids is 1. The molecule has 26 nitrogen and oxygen atoms in total. The maximum atomic E-state index is 10.8. The number of hydrogen-bond donors (Lipinski definition) is 4. The first-order valence-electron chi connectivity index (χ1n) is 47.0. The van der Waals surface area contributed by atoms with Gasteiger partial charge >= 0.3 is 5.97 Å². The summed E-state index contributed by atoms with van der Waals surface area (Å²) in [4.78, 5) is 61.6. The molecule has 2 unspecified atom stereocenters. The third-order valence-electron chi connectivity index (χ3n) is 24.0. The minimum atomic E-state index is -1.66. The quantitative estimate of drug-likeness (QED) is 0.0173. The number of aliphatic carboxylic acids is 1. The number of nitriles is 2. The molecule has 0 amide bonds. The number of carbonyl (C=O) groups excluding carboxylic acids is 1. The Bertz CT molecular complexity index is 5660. The lowest BCUT2D eigenvalue weighted by Crippen LogP contribution is -2.41. The normalized spacial score (nSPS) is 14.2. The van der Waals surface area contributed by atoms with Crippen LogP contribution < -0.4 is 28.4 Å². The first kappa shape index (κ1) is 107. The fourth-order valence-electron chi connectivity index (χ4n) is 14.0. The van der Waals surface area contributed by atoms with Crippen LogP contribution in [-0.2, 0) is 57.0 Å². The van der Waals surface area contributed by atoms with E-state index in [1.54, 1.807) is 77.6 Å². The van der Waals surface area contributed by atoms with Gasteiger partial charge in [-0.25, -0.2) is 44.7 Å². The Morgan fingerprint density at radius 3 is 1.18 bits per heavy atom. The van der Waals surface area contributed by atoms with Gasteiger partial charge in [-0.15, -0.1) is 34.0 Å². The summed E-state index contributed by atoms with van der Waals surface area (Å²) in [6.07, 6.45) is 34.7. The maximum absolute atomic E-state index is 10.8. The molecule has 16 rings (SSSR count). The smallest absolute Gasteiger partial charge is 0.326 e. The highest BCUT2D eigenvalue weighted by Gasteiger charge is 2.38. The maximum Gasteiger partial charge on any atom is 0.326 e. The molecule has 0 spiro atoms. The van der Waals surface area contributed by atoms with Crippen molar-refractivity contribution in [3.63, 3.8) is 0 Å². The molecular formula is C103H133BrN12O14S3Si2. The largest absolute Gasteiger partial charge is 0.508 e. The number of carboxylic acid groups (broad SMARTS) is 1. The Morgan fingerprint density at radius 1 is 0.467 bits per heavy atom. The van der Waals surface area contributed by atoms with Crippen molar-refractivity contribution in [1.82, 2.24) is 49.0 Å². The number of nitrogens with zero attached hydrogens (tertiary/aromatic N) is 12. The number of aliphatic hydroxyl groups is 2. The molecule has 12 aromatic rings. The van der Waals surface area contributed by atoms with E-state index in [-0.39, 0.29) is 33.9 Å². The van der Waals surface area contributed by atoms with Crippen LogP contribution in [0.5, 0.6) is 40.9 Å². The first-order chi connectivity index (χ1) is 64.8. The summed E-state index contributed by atoms with van der Waals surface area (Å²) in [5.41, 5.74) is 10.2. The molecule has 0 saturated heterocycles. The van der Waals surface area contributed by atoms with Gasteiger partial charge in [0.1, 0.15) is 50.5 Å². The summed E-state index contributed by atoms with van der Waals surface area (Å²) in [7, 11) is -3.31. The van der Waals surface area contributed by atoms with Crippen LogP contribution in [0.25, 0.3) is 53.5 Å². The lowest BCUT2D eigenvalue weighted by Gasteiger charge is -2.36. The monoisotopic (exact) mass is 1990 g/mol. The molecule has 4 N–H and O–H groups in total. The summed E-state index contributed by atoms with van der Waals surface area (Å²) >= 11 is 8.72. The second-order valence-corrected chi connectivity index (χ2v) is 50.6. The van der Waals surface area contributed by atoms with E-state index in [4.69, 9.17) is 78.1 Å². The van der Waals surface area contributed by atoms with Crippen molar-refractivity contribution < 1.29 is 67.3 Å². The Labute approximate surface area is 817 Å². The van der Waals surface area contributed by atoms with Crippen LogP contribution in [0.2, 0.25) is 36.3 Å². The lowest BCUT2D eigenvalue weighted by atomic mass is 10.00. The number of fused-ring (bicyclic) bond motifs is 5. The number of aromatic hydroxyl groups is 1. The molecule has 4 aliphatic carbocycles. The number of benzene rings is 2. The van der Waals surface area contributed by atoms with Gasteiger partial charge in [0.2, 0.25) is 29.4 Å². The summed E-state index contributed by atoms with van der Waals surface area (Å²) < 4.78 is 49.8. The van der Waals surface area contributed by atoms with E-state index in [9.17, 15) is 14.7 Å². The highest BCUT2D eigenvalue weighted by atomic mass is 79.9. The molecule has 0 aliphatic heterocycles. The average molecular weight is 2000 g/mol. The molecule has 2 aromatic carbocycles. The molecule has 10 heterocycles. The van der Waals surface area contributed by atoms with Gasteiger partial charge < -0.3 is 66.8 Å². The number of thiazole rings is 3. The molecule has 0 bridgehead atoms. The van der Waals surface area contributed by atoms with Crippen LogP contribution in [0.1, 0.15) is 214 Å². The number of Topliss-reactive ketones (excluding diaryl/α,β-unsaturated/α-hetero) is 1. The number of ketones is 1. The molecule has 2 atom stereocenters. The number of rotatable bonds is 32. The van der Waals surface area contributed by atoms with Gasteiger partial charge in [-0.05, 0) is 226 Å². The Hall–Kier alpha value is -10.4. The van der Waals surface area contributed by atoms with E-state index in [1.807, 2.05) is 83.7 Å². The molecule has 32 heteroatoms. The van der Waals surface area contributed by atoms with Gasteiger partial charge in [0.15, 0.2) is 16.6 Å². The fraction of sp³-hybridized carbons (Fsp3) is 0.476. The van der Waals surface area contributed by atoms with Crippen molar-refractivity contribution in [3.05, 3.63) is 195 Å². The number of carbonyl (C=O) groups is 2. The van der Waals surface area contributed by atoms with E-state index < -0.39 is 28.6 Å². The second kappa shape index (κ2) is 53.4. The molecule has 722 valence electrons. The third kappa shape index (κ3) is 33.5. The fourth-order valence-corrected chi connectivity index (χ4v) is 20.1. The second-order valence-electron chi connectivity index (χ2n) is 36.7. The lowest BCUT2D eigenvalue weighted by molar-refractivity contribution is -0.140. The van der Waals surface area contributed by atoms with E-state index in [0.29, 0.717) is 111 Å². The topological polar surface area (TPSA) is 349 Å². The summed E-state index contributed by atoms with van der Waals surface area (Å²) in [5, 5.41) is 58.3. The zero-order valence-electron chi connectivity index (χ0n) is 80.4. The number of pyridine rings is 5.